The van der Waals surface area contributed by atoms with E-state index < -0.39 is 6.04 Å². The van der Waals surface area contributed by atoms with Crippen LogP contribution in [-0.4, -0.2) is 60.4 Å². The molecule has 0 unspecified atom stereocenters. The molecule has 0 spiro atoms. The lowest BCUT2D eigenvalue weighted by Crippen LogP contribution is -2.53. The van der Waals surface area contributed by atoms with Gasteiger partial charge in [-0.3, -0.25) is 14.5 Å². The number of carbonyl (C=O) groups is 2. The summed E-state index contributed by atoms with van der Waals surface area (Å²) in [5.41, 5.74) is 4.19. The van der Waals surface area contributed by atoms with E-state index in [1.807, 2.05) is 30.0 Å². The lowest BCUT2D eigenvalue weighted by Gasteiger charge is -2.36. The fourth-order valence-corrected chi connectivity index (χ4v) is 4.12. The van der Waals surface area contributed by atoms with Crippen LogP contribution in [0, 0.1) is 6.92 Å². The molecule has 158 valence electrons. The molecule has 0 bridgehead atoms. The Kier molecular flexibility index (Phi) is 6.04. The van der Waals surface area contributed by atoms with Gasteiger partial charge in [-0.05, 0) is 43.2 Å². The summed E-state index contributed by atoms with van der Waals surface area (Å²) < 4.78 is 5.58. The Hall–Kier alpha value is -2.86. The molecule has 2 aliphatic rings. The first kappa shape index (κ1) is 20.4. The summed E-state index contributed by atoms with van der Waals surface area (Å²) in [7, 11) is 0. The van der Waals surface area contributed by atoms with Gasteiger partial charge >= 0.3 is 0 Å². The third-order valence-electron chi connectivity index (χ3n) is 5.84. The standard InChI is InChI=1S/C24H29N3O3/c1-17-4-3-5-21(14-17)23(28)25-18(2)24(29)27-11-9-26(10-12-27)16-19-6-7-22-20(15-19)8-13-30-22/h3-7,14-15,18H,8-13,16H2,1-2H3,(H,25,28)/t18-/m0/s1. The second-order valence-electron chi connectivity index (χ2n) is 8.21. The molecule has 1 saturated heterocycles. The molecule has 1 N–H and O–H groups in total. The van der Waals surface area contributed by atoms with Gasteiger partial charge in [0.1, 0.15) is 11.8 Å². The van der Waals surface area contributed by atoms with Gasteiger partial charge in [-0.2, -0.15) is 0 Å². The van der Waals surface area contributed by atoms with E-state index in [9.17, 15) is 9.59 Å². The number of piperazine rings is 1. The Bertz CT molecular complexity index is 935. The molecule has 2 aliphatic heterocycles. The van der Waals surface area contributed by atoms with E-state index in [0.29, 0.717) is 18.7 Å². The van der Waals surface area contributed by atoms with Crippen LogP contribution in [0.1, 0.15) is 34.0 Å². The number of hydrogen-bond donors (Lipinski definition) is 1. The second kappa shape index (κ2) is 8.88. The predicted molar refractivity (Wildman–Crippen MR) is 116 cm³/mol. The van der Waals surface area contributed by atoms with Crippen LogP contribution in [0.5, 0.6) is 5.75 Å². The van der Waals surface area contributed by atoms with Crippen LogP contribution in [0.15, 0.2) is 42.5 Å². The van der Waals surface area contributed by atoms with Crippen molar-refractivity contribution in [3.63, 3.8) is 0 Å². The van der Waals surface area contributed by atoms with Crippen LogP contribution in [0.2, 0.25) is 0 Å². The Morgan fingerprint density at radius 3 is 2.67 bits per heavy atom. The zero-order chi connectivity index (χ0) is 21.1. The van der Waals surface area contributed by atoms with E-state index in [4.69, 9.17) is 4.74 Å². The largest absolute Gasteiger partial charge is 0.493 e. The molecule has 30 heavy (non-hydrogen) atoms. The highest BCUT2D eigenvalue weighted by Crippen LogP contribution is 2.26. The minimum Gasteiger partial charge on any atom is -0.493 e. The molecule has 6 nitrogen and oxygen atoms in total. The van der Waals surface area contributed by atoms with E-state index in [2.05, 4.69) is 28.4 Å². The molecule has 6 heteroatoms. The van der Waals surface area contributed by atoms with Crippen LogP contribution < -0.4 is 10.1 Å². The van der Waals surface area contributed by atoms with Gasteiger partial charge in [-0.25, -0.2) is 0 Å². The number of aryl methyl sites for hydroxylation is 1. The minimum atomic E-state index is -0.540. The van der Waals surface area contributed by atoms with Crippen LogP contribution >= 0.6 is 0 Å². The Morgan fingerprint density at radius 1 is 1.10 bits per heavy atom. The van der Waals surface area contributed by atoms with Crippen molar-refractivity contribution >= 4 is 11.8 Å². The maximum atomic E-state index is 12.8. The van der Waals surface area contributed by atoms with E-state index in [1.54, 1.807) is 13.0 Å². The number of carbonyl (C=O) groups excluding carboxylic acids is 2. The van der Waals surface area contributed by atoms with Crippen molar-refractivity contribution in [3.05, 3.63) is 64.7 Å². The monoisotopic (exact) mass is 407 g/mol. The number of ether oxygens (including phenoxy) is 1. The number of nitrogens with one attached hydrogen (secondary N) is 1. The van der Waals surface area contributed by atoms with Crippen LogP contribution in [0.25, 0.3) is 0 Å². The third kappa shape index (κ3) is 4.65. The molecule has 2 amide bonds. The summed E-state index contributed by atoms with van der Waals surface area (Å²) in [6.45, 7) is 8.38. The number of nitrogens with zero attached hydrogens (tertiary/aromatic N) is 2. The Balaban J connectivity index is 1.27. The van der Waals surface area contributed by atoms with Crippen LogP contribution in [0.4, 0.5) is 0 Å². The molecular weight excluding hydrogens is 378 g/mol. The number of fused-ring (bicyclic) bond motifs is 1. The number of hydrogen-bond acceptors (Lipinski definition) is 4. The molecule has 0 saturated carbocycles. The fraction of sp³-hybridized carbons (Fsp3) is 0.417. The predicted octanol–water partition coefficient (Wildman–Crippen LogP) is 2.39. The number of amides is 2. The quantitative estimate of drug-likeness (QED) is 0.827. The topological polar surface area (TPSA) is 61.9 Å². The maximum Gasteiger partial charge on any atom is 0.251 e. The van der Waals surface area contributed by atoms with Gasteiger partial charge in [0.05, 0.1) is 6.61 Å². The van der Waals surface area contributed by atoms with Gasteiger partial charge in [0.15, 0.2) is 0 Å². The van der Waals surface area contributed by atoms with Crippen molar-refractivity contribution in [2.75, 3.05) is 32.8 Å². The smallest absolute Gasteiger partial charge is 0.251 e. The van der Waals surface area contributed by atoms with Crippen molar-refractivity contribution in [3.8, 4) is 5.75 Å². The number of rotatable bonds is 5. The maximum absolute atomic E-state index is 12.8. The van der Waals surface area contributed by atoms with E-state index in [1.165, 1.54) is 11.1 Å². The highest BCUT2D eigenvalue weighted by Gasteiger charge is 2.26. The highest BCUT2D eigenvalue weighted by molar-refractivity contribution is 5.97. The lowest BCUT2D eigenvalue weighted by atomic mass is 10.1. The van der Waals surface area contributed by atoms with Crippen molar-refractivity contribution in [2.45, 2.75) is 32.9 Å². The summed E-state index contributed by atoms with van der Waals surface area (Å²) in [6, 6.07) is 13.3. The molecular formula is C24H29N3O3. The van der Waals surface area contributed by atoms with E-state index in [0.717, 1.165) is 44.0 Å². The summed E-state index contributed by atoms with van der Waals surface area (Å²) in [5, 5.41) is 2.84. The molecule has 0 aromatic heterocycles. The first-order valence-electron chi connectivity index (χ1n) is 10.6. The highest BCUT2D eigenvalue weighted by atomic mass is 16.5. The molecule has 2 aromatic rings. The van der Waals surface area contributed by atoms with E-state index >= 15 is 0 Å². The zero-order valence-electron chi connectivity index (χ0n) is 17.7. The molecule has 1 atom stereocenters. The number of benzene rings is 2. The molecule has 0 radical (unpaired) electrons. The lowest BCUT2D eigenvalue weighted by molar-refractivity contribution is -0.134. The summed E-state index contributed by atoms with van der Waals surface area (Å²) in [6.07, 6.45) is 0.984. The van der Waals surface area contributed by atoms with Gasteiger partial charge < -0.3 is 15.0 Å². The average molecular weight is 408 g/mol. The van der Waals surface area contributed by atoms with Gasteiger partial charge in [-0.15, -0.1) is 0 Å². The first-order chi connectivity index (χ1) is 14.5. The average Bonchev–Trinajstić information content (AvgIpc) is 3.21. The molecule has 2 heterocycles. The first-order valence-corrected chi connectivity index (χ1v) is 10.6. The van der Waals surface area contributed by atoms with Crippen LogP contribution in [0.3, 0.4) is 0 Å². The van der Waals surface area contributed by atoms with Gasteiger partial charge in [-0.1, -0.05) is 29.8 Å². The van der Waals surface area contributed by atoms with Crippen molar-refractivity contribution in [1.29, 1.82) is 0 Å². The van der Waals surface area contributed by atoms with Crippen molar-refractivity contribution in [1.82, 2.24) is 15.1 Å². The second-order valence-corrected chi connectivity index (χ2v) is 8.21. The minimum absolute atomic E-state index is 0.0228. The van der Waals surface area contributed by atoms with E-state index in [-0.39, 0.29) is 11.8 Å². The summed E-state index contributed by atoms with van der Waals surface area (Å²) in [5.74, 6) is 0.778. The Labute approximate surface area is 177 Å². The third-order valence-corrected chi connectivity index (χ3v) is 5.84. The Morgan fingerprint density at radius 2 is 1.90 bits per heavy atom. The van der Waals surface area contributed by atoms with Gasteiger partial charge in [0.25, 0.3) is 5.91 Å². The molecule has 0 aliphatic carbocycles. The molecule has 4 rings (SSSR count). The molecule has 2 aromatic carbocycles. The van der Waals surface area contributed by atoms with Crippen molar-refractivity contribution < 1.29 is 14.3 Å². The summed E-state index contributed by atoms with van der Waals surface area (Å²) in [4.78, 5) is 29.5. The molecule has 1 fully saturated rings. The normalized spacial score (nSPS) is 17.2. The SMILES string of the molecule is Cc1cccc(C(=O)N[C@@H](C)C(=O)N2CCN(Cc3ccc4c(c3)CCO4)CC2)c1. The summed E-state index contributed by atoms with van der Waals surface area (Å²) >= 11 is 0. The van der Waals surface area contributed by atoms with Crippen molar-refractivity contribution in [2.24, 2.45) is 0 Å². The zero-order valence-corrected chi connectivity index (χ0v) is 17.7. The fourth-order valence-electron chi connectivity index (χ4n) is 4.12. The van der Waals surface area contributed by atoms with Gasteiger partial charge in [0, 0.05) is 44.7 Å². The van der Waals surface area contributed by atoms with Gasteiger partial charge in [0.2, 0.25) is 5.91 Å². The van der Waals surface area contributed by atoms with Crippen LogP contribution in [-0.2, 0) is 17.8 Å².